The predicted octanol–water partition coefficient (Wildman–Crippen LogP) is 5.12. The van der Waals surface area contributed by atoms with Gasteiger partial charge >= 0.3 is 17.7 Å². The number of rotatable bonds is 6. The van der Waals surface area contributed by atoms with E-state index in [1.54, 1.807) is 45.2 Å². The molecule has 0 aliphatic rings. The van der Waals surface area contributed by atoms with Crippen molar-refractivity contribution in [2.24, 2.45) is 0 Å². The van der Waals surface area contributed by atoms with Crippen molar-refractivity contribution in [2.75, 3.05) is 6.61 Å². The van der Waals surface area contributed by atoms with Crippen LogP contribution in [0.4, 0.5) is 4.79 Å². The molecule has 0 aliphatic heterocycles. The summed E-state index contributed by atoms with van der Waals surface area (Å²) in [4.78, 5) is 15.2. The van der Waals surface area contributed by atoms with Crippen LogP contribution < -0.4 is 0 Å². The number of hydrogen-bond donors (Lipinski definition) is 1. The molecule has 146 valence electrons. The first-order valence-electron chi connectivity index (χ1n) is 8.84. The molecule has 0 amide bonds. The lowest BCUT2D eigenvalue weighted by Crippen LogP contribution is -2.27. The third-order valence-electron chi connectivity index (χ3n) is 3.58. The third kappa shape index (κ3) is 6.32. The molecule has 0 saturated heterocycles. The normalized spacial score (nSPS) is 12.4. The number of diazo groups is 1. The molecule has 1 heterocycles. The fourth-order valence-electron chi connectivity index (χ4n) is 2.32. The van der Waals surface area contributed by atoms with Crippen molar-refractivity contribution in [3.05, 3.63) is 82.6 Å². The molecular formula is C21H24N3O4+. The molecule has 0 bridgehead atoms. The van der Waals surface area contributed by atoms with Gasteiger partial charge in [0.15, 0.2) is 4.98 Å². The maximum absolute atomic E-state index is 12.2. The molecule has 0 atom stereocenters. The van der Waals surface area contributed by atoms with Crippen molar-refractivity contribution in [3.63, 3.8) is 0 Å². The summed E-state index contributed by atoms with van der Waals surface area (Å²) in [7, 11) is 0. The second-order valence-electron chi connectivity index (χ2n) is 6.98. The molecule has 1 N–H and O–H groups in total. The largest absolute Gasteiger partial charge is 0.475 e. The zero-order chi connectivity index (χ0) is 20.6. The van der Waals surface area contributed by atoms with Gasteiger partial charge in [-0.05, 0) is 44.5 Å². The number of carbonyl (C=O) groups excluding carboxylic acids is 1. The molecule has 2 rings (SSSR count). The minimum Gasteiger partial charge on any atom is -0.475 e. The number of ether oxygens (including phenoxy) is 2. The summed E-state index contributed by atoms with van der Waals surface area (Å²) in [5.41, 5.74) is 0.848. The van der Waals surface area contributed by atoms with Gasteiger partial charge in [0.05, 0.1) is 6.61 Å². The fourth-order valence-corrected chi connectivity index (χ4v) is 2.32. The zero-order valence-electron chi connectivity index (χ0n) is 16.2. The Hall–Kier alpha value is -3.53. The smallest absolute Gasteiger partial charge is 0.463 e. The lowest BCUT2D eigenvalue weighted by Gasteiger charge is -2.20. The molecule has 7 nitrogen and oxygen atoms in total. The Morgan fingerprint density at radius 2 is 1.93 bits per heavy atom. The van der Waals surface area contributed by atoms with Crippen LogP contribution in [-0.4, -0.2) is 28.0 Å². The van der Waals surface area contributed by atoms with E-state index in [4.69, 9.17) is 14.9 Å². The van der Waals surface area contributed by atoms with E-state index in [9.17, 15) is 9.90 Å². The Morgan fingerprint density at radius 1 is 1.21 bits per heavy atom. The fraction of sp³-hybridized carbons (Fsp3) is 0.286. The Labute approximate surface area is 164 Å². The molecule has 28 heavy (non-hydrogen) atoms. The standard InChI is InChI=1S/C21H23N3O4/c1-21(2,3)28-20(26)24-14-7-10-17(24)13-15-27-19(25)18(23-22)12-11-16-8-5-4-6-9-16/h4-12,14H,13,15H2,1-3H3/p+1/b12-11+,19-18-. The van der Waals surface area contributed by atoms with Crippen LogP contribution in [0.25, 0.3) is 11.1 Å². The van der Waals surface area contributed by atoms with Crippen LogP contribution in [-0.2, 0) is 15.9 Å². The van der Waals surface area contributed by atoms with Gasteiger partial charge in [0, 0.05) is 24.4 Å². The summed E-state index contributed by atoms with van der Waals surface area (Å²) >= 11 is 0. The number of allylic oxidation sites excluding steroid dienone is 1. The lowest BCUT2D eigenvalue weighted by molar-refractivity contribution is 0.0529. The number of hydrogen-bond acceptors (Lipinski definition) is 5. The second kappa shape index (κ2) is 9.42. The molecule has 0 radical (unpaired) electrons. The van der Waals surface area contributed by atoms with Gasteiger partial charge < -0.3 is 14.6 Å². The topological polar surface area (TPSA) is 88.8 Å². The van der Waals surface area contributed by atoms with Crippen LogP contribution in [0.1, 0.15) is 32.0 Å². The number of aliphatic hydroxyl groups is 1. The molecule has 0 saturated carbocycles. The molecule has 7 heteroatoms. The van der Waals surface area contributed by atoms with E-state index in [2.05, 4.69) is 4.98 Å². The highest BCUT2D eigenvalue weighted by atomic mass is 16.6. The highest BCUT2D eigenvalue weighted by molar-refractivity contribution is 5.72. The highest BCUT2D eigenvalue weighted by Crippen LogP contribution is 2.14. The van der Waals surface area contributed by atoms with Crippen molar-refractivity contribution in [1.82, 2.24) is 4.57 Å². The van der Waals surface area contributed by atoms with Crippen LogP contribution in [0.2, 0.25) is 0 Å². The predicted molar refractivity (Wildman–Crippen MR) is 106 cm³/mol. The SMILES string of the molecule is CC(C)(C)OC(=O)n1cccc1CCO/C(O)=C(/C=C/c1ccccc1)[N+]#N. The summed E-state index contributed by atoms with van der Waals surface area (Å²) in [6, 6.07) is 12.9. The first-order valence-corrected chi connectivity index (χ1v) is 8.84. The van der Waals surface area contributed by atoms with Crippen LogP contribution in [0.5, 0.6) is 0 Å². The van der Waals surface area contributed by atoms with Crippen molar-refractivity contribution in [1.29, 1.82) is 5.39 Å². The van der Waals surface area contributed by atoms with Crippen molar-refractivity contribution in [3.8, 4) is 0 Å². The molecule has 1 aromatic heterocycles. The Bertz CT molecular complexity index is 900. The molecule has 0 fully saturated rings. The average molecular weight is 382 g/mol. The maximum atomic E-state index is 12.2. The summed E-state index contributed by atoms with van der Waals surface area (Å²) in [6.45, 7) is 5.46. The van der Waals surface area contributed by atoms with E-state index < -0.39 is 17.6 Å². The van der Waals surface area contributed by atoms with Gasteiger partial charge in [0.1, 0.15) is 5.60 Å². The van der Waals surface area contributed by atoms with E-state index in [-0.39, 0.29) is 12.3 Å². The third-order valence-corrected chi connectivity index (χ3v) is 3.58. The van der Waals surface area contributed by atoms with Crippen molar-refractivity contribution in [2.45, 2.75) is 32.8 Å². The van der Waals surface area contributed by atoms with E-state index in [1.165, 1.54) is 10.6 Å². The van der Waals surface area contributed by atoms with E-state index in [1.807, 2.05) is 30.3 Å². The summed E-state index contributed by atoms with van der Waals surface area (Å²) < 4.78 is 12.0. The summed E-state index contributed by atoms with van der Waals surface area (Å²) in [6.07, 6.45) is 4.59. The van der Waals surface area contributed by atoms with Crippen LogP contribution in [0.15, 0.2) is 66.4 Å². The Balaban J connectivity index is 1.98. The number of aromatic nitrogens is 1. The number of nitrogens with zero attached hydrogens (tertiary/aromatic N) is 3. The highest BCUT2D eigenvalue weighted by Gasteiger charge is 2.20. The minimum absolute atomic E-state index is 0.0802. The number of carbonyl (C=O) groups is 1. The molecule has 1 aromatic carbocycles. The first-order chi connectivity index (χ1) is 13.3. The first kappa shape index (κ1) is 20.8. The van der Waals surface area contributed by atoms with Gasteiger partial charge in [0.25, 0.3) is 0 Å². The molecule has 0 aliphatic carbocycles. The van der Waals surface area contributed by atoms with Crippen LogP contribution in [0.3, 0.4) is 0 Å². The van der Waals surface area contributed by atoms with Crippen molar-refractivity contribution >= 4 is 12.2 Å². The molecular weight excluding hydrogens is 358 g/mol. The van der Waals surface area contributed by atoms with Crippen molar-refractivity contribution < 1.29 is 19.4 Å². The van der Waals surface area contributed by atoms with Crippen LogP contribution >= 0.6 is 0 Å². The van der Waals surface area contributed by atoms with Gasteiger partial charge in [-0.25, -0.2) is 4.79 Å². The quantitative estimate of drug-likeness (QED) is 0.425. The van der Waals surface area contributed by atoms with E-state index in [0.29, 0.717) is 12.1 Å². The Kier molecular flexibility index (Phi) is 6.99. The monoisotopic (exact) mass is 382 g/mol. The molecule has 2 aromatic rings. The summed E-state index contributed by atoms with van der Waals surface area (Å²) in [5, 5.41) is 19.1. The molecule has 0 spiro atoms. The average Bonchev–Trinajstić information content (AvgIpc) is 3.10. The van der Waals surface area contributed by atoms with E-state index >= 15 is 0 Å². The zero-order valence-corrected chi connectivity index (χ0v) is 16.2. The summed E-state index contributed by atoms with van der Waals surface area (Å²) in [5.74, 6) is -0.509. The van der Waals surface area contributed by atoms with Crippen LogP contribution in [0, 0.1) is 5.39 Å². The van der Waals surface area contributed by atoms with Gasteiger partial charge in [0.2, 0.25) is 5.39 Å². The van der Waals surface area contributed by atoms with E-state index in [0.717, 1.165) is 5.56 Å². The second-order valence-corrected chi connectivity index (χ2v) is 6.98. The van der Waals surface area contributed by atoms with Gasteiger partial charge in [-0.15, -0.1) is 0 Å². The van der Waals surface area contributed by atoms with Gasteiger partial charge in [-0.2, -0.15) is 0 Å². The van der Waals surface area contributed by atoms with Gasteiger partial charge in [-0.1, -0.05) is 30.3 Å². The maximum Gasteiger partial charge on any atom is 0.463 e. The number of aliphatic hydroxyl groups excluding tert-OH is 1. The lowest BCUT2D eigenvalue weighted by atomic mass is 10.2. The molecule has 0 unspecified atom stereocenters. The van der Waals surface area contributed by atoms with Gasteiger partial charge in [-0.3, -0.25) is 4.57 Å². The Morgan fingerprint density at radius 3 is 2.57 bits per heavy atom. The number of benzene rings is 1. The minimum atomic E-state index is -0.598.